The maximum atomic E-state index is 4.42. The maximum Gasteiger partial charge on any atom is 0.0474 e. The van der Waals surface area contributed by atoms with E-state index in [2.05, 4.69) is 34.9 Å². The third-order valence-corrected chi connectivity index (χ3v) is 2.37. The molecule has 0 heterocycles. The van der Waals surface area contributed by atoms with Crippen molar-refractivity contribution < 1.29 is 0 Å². The molecule has 0 bridgehead atoms. The zero-order chi connectivity index (χ0) is 11.0. The molecule has 0 aromatic carbocycles. The fourth-order valence-electron chi connectivity index (χ4n) is 1.02. The lowest BCUT2D eigenvalue weighted by Crippen LogP contribution is -2.28. The molecule has 0 spiro atoms. The molecule has 1 N–H and O–H groups in total. The highest BCUT2D eigenvalue weighted by Gasteiger charge is 2.01. The number of thiol groups is 1. The van der Waals surface area contributed by atoms with Crippen LogP contribution in [0.3, 0.4) is 0 Å². The van der Waals surface area contributed by atoms with Crippen molar-refractivity contribution in [2.24, 2.45) is 4.99 Å². The summed E-state index contributed by atoms with van der Waals surface area (Å²) in [5.41, 5.74) is 0.993. The average Bonchev–Trinajstić information content (AvgIpc) is 2.15. The van der Waals surface area contributed by atoms with Crippen molar-refractivity contribution >= 4 is 18.8 Å². The minimum atomic E-state index is 0.855. The van der Waals surface area contributed by atoms with Crippen molar-refractivity contribution in [3.63, 3.8) is 0 Å². The van der Waals surface area contributed by atoms with Crippen molar-refractivity contribution in [2.75, 3.05) is 33.7 Å². The van der Waals surface area contributed by atoms with Crippen molar-refractivity contribution in [1.82, 2.24) is 10.2 Å². The quantitative estimate of drug-likeness (QED) is 0.517. The lowest BCUT2D eigenvalue weighted by molar-refractivity contribution is 0.367. The van der Waals surface area contributed by atoms with Crippen LogP contribution in [0.2, 0.25) is 0 Å². The van der Waals surface area contributed by atoms with Gasteiger partial charge in [-0.05, 0) is 27.9 Å². The molecule has 0 fully saturated rings. The average molecular weight is 215 g/mol. The fourth-order valence-corrected chi connectivity index (χ4v) is 1.32. The maximum absolute atomic E-state index is 4.42. The summed E-state index contributed by atoms with van der Waals surface area (Å²) < 4.78 is 0. The highest BCUT2D eigenvalue weighted by molar-refractivity contribution is 7.84. The third kappa shape index (κ3) is 6.18. The Morgan fingerprint density at radius 2 is 2.21 bits per heavy atom. The van der Waals surface area contributed by atoms with E-state index in [0.29, 0.717) is 0 Å². The summed E-state index contributed by atoms with van der Waals surface area (Å²) in [5.74, 6) is 0. The van der Waals surface area contributed by atoms with Crippen LogP contribution in [0.15, 0.2) is 15.6 Å². The molecule has 0 amide bonds. The topological polar surface area (TPSA) is 27.6 Å². The first-order chi connectivity index (χ1) is 6.61. The van der Waals surface area contributed by atoms with E-state index in [-0.39, 0.29) is 0 Å². The molecule has 3 nitrogen and oxygen atoms in total. The van der Waals surface area contributed by atoms with E-state index in [1.807, 2.05) is 20.9 Å². The molecule has 0 aliphatic rings. The number of nitrogens with zero attached hydrogens (tertiary/aromatic N) is 2. The first-order valence-corrected chi connectivity index (χ1v) is 5.27. The fraction of sp³-hybridized carbons (Fsp3) is 0.700. The van der Waals surface area contributed by atoms with Crippen molar-refractivity contribution in [3.05, 3.63) is 10.6 Å². The minimum Gasteiger partial charge on any atom is -0.318 e. The Kier molecular flexibility index (Phi) is 7.84. The summed E-state index contributed by atoms with van der Waals surface area (Å²) in [6.45, 7) is 6.76. The molecule has 0 rings (SSSR count). The van der Waals surface area contributed by atoms with Crippen LogP contribution in [-0.2, 0) is 0 Å². The number of rotatable bonds is 6. The highest BCUT2D eigenvalue weighted by Crippen LogP contribution is 2.10. The van der Waals surface area contributed by atoms with E-state index in [0.717, 1.165) is 30.2 Å². The van der Waals surface area contributed by atoms with Gasteiger partial charge in [-0.1, -0.05) is 0 Å². The van der Waals surface area contributed by atoms with E-state index in [1.165, 1.54) is 0 Å². The largest absolute Gasteiger partial charge is 0.318 e. The number of likely N-dealkylation sites (N-methyl/N-ethyl adjacent to an activating group) is 2. The molecule has 0 aliphatic carbocycles. The molecular weight excluding hydrogens is 194 g/mol. The van der Waals surface area contributed by atoms with E-state index < -0.39 is 0 Å². The van der Waals surface area contributed by atoms with Crippen LogP contribution in [0.5, 0.6) is 0 Å². The van der Waals surface area contributed by atoms with E-state index in [1.54, 1.807) is 6.21 Å². The van der Waals surface area contributed by atoms with Crippen LogP contribution >= 0.6 is 12.6 Å². The van der Waals surface area contributed by atoms with Gasteiger partial charge in [0.2, 0.25) is 0 Å². The third-order valence-electron chi connectivity index (χ3n) is 1.90. The number of hydrogen-bond acceptors (Lipinski definition) is 4. The molecule has 0 radical (unpaired) electrons. The number of aliphatic imine (C=N–C) groups is 1. The Morgan fingerprint density at radius 1 is 1.57 bits per heavy atom. The lowest BCUT2D eigenvalue weighted by atomic mass is 10.4. The Hall–Kier alpha value is -0.320. The Balaban J connectivity index is 4.03. The first kappa shape index (κ1) is 13.7. The Labute approximate surface area is 92.7 Å². The summed E-state index contributed by atoms with van der Waals surface area (Å²) in [6.07, 6.45) is 1.79. The van der Waals surface area contributed by atoms with Gasteiger partial charge in [-0.3, -0.25) is 4.99 Å². The highest BCUT2D eigenvalue weighted by atomic mass is 32.1. The van der Waals surface area contributed by atoms with E-state index in [4.69, 9.17) is 0 Å². The summed E-state index contributed by atoms with van der Waals surface area (Å²) in [6, 6.07) is 0. The van der Waals surface area contributed by atoms with Crippen LogP contribution in [0.4, 0.5) is 0 Å². The standard InChI is InChI=1S/C10H21N3S/c1-5-12-9(2)10(14)8-13(4)7-6-11-3/h5,11,14H,6-8H2,1-4H3/b10-9-,12-5+. The van der Waals surface area contributed by atoms with Gasteiger partial charge in [0.1, 0.15) is 0 Å². The normalized spacial score (nSPS) is 13.9. The zero-order valence-corrected chi connectivity index (χ0v) is 10.4. The molecule has 0 aliphatic heterocycles. The Morgan fingerprint density at radius 3 is 2.71 bits per heavy atom. The SMILES string of the molecule is C/C=N/C(C)=C(\S)CN(C)CCNC. The summed E-state index contributed by atoms with van der Waals surface area (Å²) >= 11 is 4.42. The van der Waals surface area contributed by atoms with Gasteiger partial charge >= 0.3 is 0 Å². The van der Waals surface area contributed by atoms with Crippen LogP contribution in [0.1, 0.15) is 13.8 Å². The van der Waals surface area contributed by atoms with Gasteiger partial charge in [0.15, 0.2) is 0 Å². The molecule has 4 heteroatoms. The summed E-state index contributed by atoms with van der Waals surface area (Å²) in [4.78, 5) is 7.44. The molecule has 0 atom stereocenters. The smallest absolute Gasteiger partial charge is 0.0474 e. The van der Waals surface area contributed by atoms with E-state index in [9.17, 15) is 0 Å². The molecule has 14 heavy (non-hydrogen) atoms. The van der Waals surface area contributed by atoms with E-state index >= 15 is 0 Å². The van der Waals surface area contributed by atoms with Crippen LogP contribution < -0.4 is 5.32 Å². The first-order valence-electron chi connectivity index (χ1n) is 4.82. The second-order valence-electron chi connectivity index (χ2n) is 3.26. The molecule has 0 aromatic heterocycles. The second kappa shape index (κ2) is 8.03. The summed E-state index contributed by atoms with van der Waals surface area (Å²) in [5, 5.41) is 3.11. The molecule has 0 aromatic rings. The van der Waals surface area contributed by atoms with Gasteiger partial charge in [-0.2, -0.15) is 0 Å². The summed E-state index contributed by atoms with van der Waals surface area (Å²) in [7, 11) is 4.04. The number of allylic oxidation sites excluding steroid dienone is 1. The van der Waals surface area contributed by atoms with Crippen LogP contribution in [0, 0.1) is 0 Å². The molecule has 0 saturated heterocycles. The Bertz CT molecular complexity index is 211. The van der Waals surface area contributed by atoms with Crippen molar-refractivity contribution in [1.29, 1.82) is 0 Å². The van der Waals surface area contributed by atoms with Crippen molar-refractivity contribution in [2.45, 2.75) is 13.8 Å². The number of nitrogens with one attached hydrogen (secondary N) is 1. The van der Waals surface area contributed by atoms with Gasteiger partial charge < -0.3 is 10.2 Å². The molecule has 0 saturated carbocycles. The number of hydrogen-bond donors (Lipinski definition) is 2. The van der Waals surface area contributed by atoms with Gasteiger partial charge in [-0.15, -0.1) is 12.6 Å². The van der Waals surface area contributed by atoms with Crippen molar-refractivity contribution in [3.8, 4) is 0 Å². The van der Waals surface area contributed by atoms with Gasteiger partial charge in [0, 0.05) is 36.5 Å². The minimum absolute atomic E-state index is 0.855. The monoisotopic (exact) mass is 215 g/mol. The molecular formula is C10H21N3S. The zero-order valence-electron chi connectivity index (χ0n) is 9.54. The molecule has 82 valence electrons. The van der Waals surface area contributed by atoms with Crippen LogP contribution in [0.25, 0.3) is 0 Å². The lowest BCUT2D eigenvalue weighted by Gasteiger charge is -2.16. The van der Waals surface area contributed by atoms with Gasteiger partial charge in [0.05, 0.1) is 0 Å². The second-order valence-corrected chi connectivity index (χ2v) is 3.80. The van der Waals surface area contributed by atoms with Crippen LogP contribution in [-0.4, -0.2) is 44.8 Å². The van der Waals surface area contributed by atoms with Gasteiger partial charge in [-0.25, -0.2) is 0 Å². The molecule has 0 unspecified atom stereocenters. The predicted molar refractivity (Wildman–Crippen MR) is 67.3 cm³/mol. The predicted octanol–water partition coefficient (Wildman–Crippen LogP) is 1.39. The van der Waals surface area contributed by atoms with Gasteiger partial charge in [0.25, 0.3) is 0 Å².